The van der Waals surface area contributed by atoms with Crippen molar-refractivity contribution in [1.82, 2.24) is 19.0 Å². The molecular formula is C30H27F2N5O5. The fourth-order valence-electron chi connectivity index (χ4n) is 4.20. The summed E-state index contributed by atoms with van der Waals surface area (Å²) in [4.78, 5) is 57.2. The summed E-state index contributed by atoms with van der Waals surface area (Å²) in [5, 5.41) is 2.50. The first-order valence-corrected chi connectivity index (χ1v) is 13.2. The third-order valence-electron chi connectivity index (χ3n) is 6.67. The molecule has 1 saturated carbocycles. The highest BCUT2D eigenvalue weighted by Gasteiger charge is 2.25. The molecule has 216 valence electrons. The monoisotopic (exact) mass is 575 g/mol. The average molecular weight is 576 g/mol. The lowest BCUT2D eigenvalue weighted by atomic mass is 10.2. The summed E-state index contributed by atoms with van der Waals surface area (Å²) in [5.41, 5.74) is -1.26. The lowest BCUT2D eigenvalue weighted by Crippen LogP contribution is -2.42. The molecule has 0 radical (unpaired) electrons. The average Bonchev–Trinajstić information content (AvgIpc) is 3.77. The van der Waals surface area contributed by atoms with Gasteiger partial charge in [0.05, 0.1) is 17.8 Å². The molecule has 0 saturated heterocycles. The molecule has 0 unspecified atom stereocenters. The molecule has 10 nitrogen and oxygen atoms in total. The first-order valence-electron chi connectivity index (χ1n) is 13.2. The van der Waals surface area contributed by atoms with Crippen LogP contribution in [0.15, 0.2) is 76.6 Å². The number of carbonyl (C=O) groups is 2. The number of aromatic nitrogens is 3. The molecule has 0 atom stereocenters. The Morgan fingerprint density at radius 3 is 2.45 bits per heavy atom. The van der Waals surface area contributed by atoms with Crippen molar-refractivity contribution in [2.75, 3.05) is 19.4 Å². The molecular weight excluding hydrogens is 548 g/mol. The maximum atomic E-state index is 15.0. The van der Waals surface area contributed by atoms with Gasteiger partial charge in [0.1, 0.15) is 17.1 Å². The Hall–Kier alpha value is -5.13. The molecule has 1 aliphatic rings. The van der Waals surface area contributed by atoms with Crippen molar-refractivity contribution in [3.8, 4) is 17.2 Å². The zero-order chi connectivity index (χ0) is 30.0. The molecule has 1 N–H and O–H groups in total. The molecule has 12 heteroatoms. The van der Waals surface area contributed by atoms with Crippen molar-refractivity contribution >= 4 is 17.5 Å². The first kappa shape index (κ1) is 28.4. The summed E-state index contributed by atoms with van der Waals surface area (Å²) >= 11 is 0. The van der Waals surface area contributed by atoms with Crippen LogP contribution in [-0.2, 0) is 17.8 Å². The van der Waals surface area contributed by atoms with Gasteiger partial charge < -0.3 is 15.0 Å². The second kappa shape index (κ2) is 11.8. The predicted molar refractivity (Wildman–Crippen MR) is 150 cm³/mol. The van der Waals surface area contributed by atoms with Crippen molar-refractivity contribution in [1.29, 1.82) is 0 Å². The highest BCUT2D eigenvalue weighted by molar-refractivity contribution is 6.03. The SMILES string of the molecule is CN(C)C(=O)Cc1cc(Oc2ccc(NC(=O)c3cn(CC4CC4)c(=O)n(-c4ccc(F)cc4)c3=O)cc2F)ccn1. The quantitative estimate of drug-likeness (QED) is 0.325. The molecule has 42 heavy (non-hydrogen) atoms. The number of likely N-dealkylation sites (N-methyl/N-ethyl adjacent to an activating group) is 1. The number of benzene rings is 2. The zero-order valence-corrected chi connectivity index (χ0v) is 22.8. The van der Waals surface area contributed by atoms with Crippen LogP contribution >= 0.6 is 0 Å². The molecule has 1 fully saturated rings. The molecule has 0 spiro atoms. The van der Waals surface area contributed by atoms with Gasteiger partial charge in [0, 0.05) is 50.9 Å². The molecule has 0 bridgehead atoms. The smallest absolute Gasteiger partial charge is 0.335 e. The van der Waals surface area contributed by atoms with Crippen LogP contribution in [0.3, 0.4) is 0 Å². The number of nitrogens with one attached hydrogen (secondary N) is 1. The standard InChI is InChI=1S/C30H27F2N5O5/c1-35(2)27(38)15-21-13-23(11-12-33-21)42-26-10-7-20(14-25(26)32)34-28(39)24-17-36(16-18-3-4-18)30(41)37(29(24)40)22-8-5-19(31)6-9-22/h5-14,17-18H,3-4,15-16H2,1-2H3,(H,34,39). The number of hydrogen-bond donors (Lipinski definition) is 1. The largest absolute Gasteiger partial charge is 0.454 e. The summed E-state index contributed by atoms with van der Waals surface area (Å²) in [7, 11) is 3.26. The first-order chi connectivity index (χ1) is 20.1. The number of rotatable bonds is 9. The molecule has 1 aliphatic carbocycles. The van der Waals surface area contributed by atoms with Crippen molar-refractivity contribution in [3.63, 3.8) is 0 Å². The van der Waals surface area contributed by atoms with E-state index in [-0.39, 0.29) is 46.7 Å². The van der Waals surface area contributed by atoms with Gasteiger partial charge in [0.2, 0.25) is 5.91 Å². The van der Waals surface area contributed by atoms with Crippen molar-refractivity contribution < 1.29 is 23.1 Å². The van der Waals surface area contributed by atoms with E-state index < -0.39 is 28.8 Å². The van der Waals surface area contributed by atoms with E-state index in [1.54, 1.807) is 14.1 Å². The summed E-state index contributed by atoms with van der Waals surface area (Å²) in [6.45, 7) is 0.321. The van der Waals surface area contributed by atoms with Crippen molar-refractivity contribution in [3.05, 3.63) is 111 Å². The predicted octanol–water partition coefficient (Wildman–Crippen LogP) is 3.76. The number of carbonyl (C=O) groups excluding carboxylic acids is 2. The van der Waals surface area contributed by atoms with E-state index >= 15 is 0 Å². The minimum absolute atomic E-state index is 0.0459. The number of anilines is 1. The van der Waals surface area contributed by atoms with E-state index in [0.29, 0.717) is 12.2 Å². The van der Waals surface area contributed by atoms with Crippen LogP contribution in [0.2, 0.25) is 0 Å². The van der Waals surface area contributed by atoms with E-state index in [1.807, 2.05) is 0 Å². The van der Waals surface area contributed by atoms with Crippen molar-refractivity contribution in [2.45, 2.75) is 25.8 Å². The summed E-state index contributed by atoms with van der Waals surface area (Å²) < 4.78 is 36.2. The van der Waals surface area contributed by atoms with Crippen LogP contribution in [-0.4, -0.2) is 44.9 Å². The van der Waals surface area contributed by atoms with Gasteiger partial charge in [-0.25, -0.2) is 18.1 Å². The Bertz CT molecular complexity index is 1780. The lowest BCUT2D eigenvalue weighted by Gasteiger charge is -2.14. The molecule has 2 aromatic heterocycles. The fourth-order valence-corrected chi connectivity index (χ4v) is 4.20. The van der Waals surface area contributed by atoms with Crippen LogP contribution < -0.4 is 21.3 Å². The minimum Gasteiger partial charge on any atom is -0.454 e. The zero-order valence-electron chi connectivity index (χ0n) is 22.8. The number of amides is 2. The van der Waals surface area contributed by atoms with Crippen LogP contribution in [0.25, 0.3) is 5.69 Å². The van der Waals surface area contributed by atoms with Gasteiger partial charge in [0.15, 0.2) is 11.6 Å². The number of nitrogens with zero attached hydrogens (tertiary/aromatic N) is 4. The van der Waals surface area contributed by atoms with Crippen LogP contribution in [0.5, 0.6) is 11.5 Å². The fraction of sp³-hybridized carbons (Fsp3) is 0.233. The molecule has 4 aromatic rings. The normalized spacial score (nSPS) is 12.6. The summed E-state index contributed by atoms with van der Waals surface area (Å²) in [5.74, 6) is -1.96. The highest BCUT2D eigenvalue weighted by atomic mass is 19.1. The number of hydrogen-bond acceptors (Lipinski definition) is 6. The Morgan fingerprint density at radius 2 is 1.79 bits per heavy atom. The van der Waals surface area contributed by atoms with Gasteiger partial charge >= 0.3 is 5.69 Å². The van der Waals surface area contributed by atoms with E-state index in [4.69, 9.17) is 4.74 Å². The van der Waals surface area contributed by atoms with Gasteiger partial charge in [-0.05, 0) is 61.2 Å². The maximum Gasteiger partial charge on any atom is 0.335 e. The number of ether oxygens (including phenoxy) is 1. The highest BCUT2D eigenvalue weighted by Crippen LogP contribution is 2.30. The van der Waals surface area contributed by atoms with Gasteiger partial charge in [-0.1, -0.05) is 0 Å². The Labute approximate surface area is 238 Å². The third-order valence-corrected chi connectivity index (χ3v) is 6.67. The second-order valence-electron chi connectivity index (χ2n) is 10.2. The van der Waals surface area contributed by atoms with Gasteiger partial charge in [-0.2, -0.15) is 0 Å². The maximum absolute atomic E-state index is 15.0. The molecule has 2 heterocycles. The Kier molecular flexibility index (Phi) is 7.96. The molecule has 0 aliphatic heterocycles. The molecule has 5 rings (SSSR count). The minimum atomic E-state index is -0.891. The van der Waals surface area contributed by atoms with Gasteiger partial charge in [-0.15, -0.1) is 0 Å². The summed E-state index contributed by atoms with van der Waals surface area (Å²) in [6.07, 6.45) is 4.54. The molecule has 2 aromatic carbocycles. The number of pyridine rings is 1. The van der Waals surface area contributed by atoms with Crippen molar-refractivity contribution in [2.24, 2.45) is 5.92 Å². The topological polar surface area (TPSA) is 116 Å². The van der Waals surface area contributed by atoms with Gasteiger partial charge in [0.25, 0.3) is 11.5 Å². The third kappa shape index (κ3) is 6.43. The van der Waals surface area contributed by atoms with Crippen LogP contribution in [0, 0.1) is 17.6 Å². The van der Waals surface area contributed by atoms with E-state index in [9.17, 15) is 28.0 Å². The van der Waals surface area contributed by atoms with E-state index in [0.717, 1.165) is 35.6 Å². The Morgan fingerprint density at radius 1 is 1.05 bits per heavy atom. The van der Waals surface area contributed by atoms with E-state index in [2.05, 4.69) is 10.3 Å². The lowest BCUT2D eigenvalue weighted by molar-refractivity contribution is -0.128. The van der Waals surface area contributed by atoms with Crippen LogP contribution in [0.4, 0.5) is 14.5 Å². The van der Waals surface area contributed by atoms with Crippen LogP contribution in [0.1, 0.15) is 28.9 Å². The second-order valence-corrected chi connectivity index (χ2v) is 10.2. The van der Waals surface area contributed by atoms with E-state index in [1.165, 1.54) is 58.3 Å². The van der Waals surface area contributed by atoms with Gasteiger partial charge in [-0.3, -0.25) is 23.9 Å². The summed E-state index contributed by atoms with van der Waals surface area (Å²) in [6, 6.07) is 11.6. The Balaban J connectivity index is 1.38. The molecule has 2 amide bonds. The number of halogens is 2.